The Morgan fingerprint density at radius 1 is 1.29 bits per heavy atom. The van der Waals surface area contributed by atoms with Gasteiger partial charge in [0.2, 0.25) is 0 Å². The lowest BCUT2D eigenvalue weighted by atomic mass is 9.80. The van der Waals surface area contributed by atoms with Crippen molar-refractivity contribution in [1.29, 1.82) is 0 Å². The molecule has 1 aromatic rings. The first-order valence-electron chi connectivity index (χ1n) is 7.85. The van der Waals surface area contributed by atoms with Crippen molar-refractivity contribution in [2.75, 3.05) is 44.7 Å². The van der Waals surface area contributed by atoms with Gasteiger partial charge in [-0.3, -0.25) is 4.90 Å². The van der Waals surface area contributed by atoms with E-state index in [0.29, 0.717) is 5.92 Å². The molecule has 21 heavy (non-hydrogen) atoms. The highest BCUT2D eigenvalue weighted by Gasteiger charge is 2.29. The molecule has 0 aromatic carbocycles. The summed E-state index contributed by atoms with van der Waals surface area (Å²) in [6, 6.07) is 2.02. The van der Waals surface area contributed by atoms with E-state index in [1.165, 1.54) is 0 Å². The summed E-state index contributed by atoms with van der Waals surface area (Å²) >= 11 is 0. The average molecular weight is 292 g/mol. The Hall–Kier alpha value is -1.24. The van der Waals surface area contributed by atoms with Crippen molar-refractivity contribution in [3.05, 3.63) is 18.1 Å². The van der Waals surface area contributed by atoms with E-state index in [2.05, 4.69) is 20.2 Å². The molecule has 0 atom stereocenters. The van der Waals surface area contributed by atoms with Crippen molar-refractivity contribution >= 4 is 5.82 Å². The van der Waals surface area contributed by atoms with Crippen LogP contribution in [0.2, 0.25) is 0 Å². The lowest BCUT2D eigenvalue weighted by Crippen LogP contribution is -2.37. The zero-order chi connectivity index (χ0) is 14.5. The van der Waals surface area contributed by atoms with Gasteiger partial charge in [-0.05, 0) is 25.8 Å². The molecule has 0 amide bonds. The maximum atomic E-state index is 9.37. The normalized spacial score (nSPS) is 26.3. The summed E-state index contributed by atoms with van der Waals surface area (Å²) in [4.78, 5) is 11.0. The molecule has 3 rings (SSSR count). The fraction of sp³-hybridized carbons (Fsp3) is 0.733. The lowest BCUT2D eigenvalue weighted by Gasteiger charge is -2.30. The van der Waals surface area contributed by atoms with Gasteiger partial charge in [-0.2, -0.15) is 0 Å². The fourth-order valence-electron chi connectivity index (χ4n) is 2.87. The first kappa shape index (κ1) is 14.7. The highest BCUT2D eigenvalue weighted by atomic mass is 16.5. The number of rotatable bonds is 6. The number of hydrogen-bond acceptors (Lipinski definition) is 6. The van der Waals surface area contributed by atoms with Gasteiger partial charge in [0.25, 0.3) is 0 Å². The molecule has 6 heteroatoms. The molecule has 1 saturated carbocycles. The van der Waals surface area contributed by atoms with Gasteiger partial charge in [-0.15, -0.1) is 0 Å². The molecular weight excluding hydrogens is 268 g/mol. The fourth-order valence-corrected chi connectivity index (χ4v) is 2.87. The van der Waals surface area contributed by atoms with Crippen LogP contribution in [0.25, 0.3) is 0 Å². The van der Waals surface area contributed by atoms with E-state index in [9.17, 15) is 5.11 Å². The number of nitrogens with one attached hydrogen (secondary N) is 1. The second-order valence-electron chi connectivity index (χ2n) is 5.88. The van der Waals surface area contributed by atoms with Crippen molar-refractivity contribution < 1.29 is 9.84 Å². The van der Waals surface area contributed by atoms with Crippen LogP contribution in [0.5, 0.6) is 0 Å². The van der Waals surface area contributed by atoms with Crippen LogP contribution >= 0.6 is 0 Å². The van der Waals surface area contributed by atoms with E-state index in [4.69, 9.17) is 4.74 Å². The number of morpholine rings is 1. The quantitative estimate of drug-likeness (QED) is 0.758. The van der Waals surface area contributed by atoms with Crippen LogP contribution < -0.4 is 5.32 Å². The predicted molar refractivity (Wildman–Crippen MR) is 80.4 cm³/mol. The molecule has 1 saturated heterocycles. The Labute approximate surface area is 125 Å². The van der Waals surface area contributed by atoms with Crippen molar-refractivity contribution in [3.63, 3.8) is 0 Å². The number of nitrogens with zero attached hydrogens (tertiary/aromatic N) is 3. The van der Waals surface area contributed by atoms with Crippen molar-refractivity contribution in [2.45, 2.75) is 31.3 Å². The van der Waals surface area contributed by atoms with Crippen molar-refractivity contribution in [2.24, 2.45) is 0 Å². The highest BCUT2D eigenvalue weighted by Crippen LogP contribution is 2.35. The Bertz CT molecular complexity index is 445. The molecule has 2 N–H and O–H groups in total. The minimum atomic E-state index is -0.144. The van der Waals surface area contributed by atoms with Crippen LogP contribution in [-0.4, -0.2) is 65.5 Å². The molecule has 2 aliphatic rings. The molecule has 0 radical (unpaired) electrons. The molecule has 1 aromatic heterocycles. The van der Waals surface area contributed by atoms with E-state index in [-0.39, 0.29) is 6.10 Å². The van der Waals surface area contributed by atoms with Gasteiger partial charge >= 0.3 is 0 Å². The van der Waals surface area contributed by atoms with Gasteiger partial charge < -0.3 is 15.2 Å². The van der Waals surface area contributed by atoms with Crippen LogP contribution in [0.15, 0.2) is 12.4 Å². The number of anilines is 1. The Morgan fingerprint density at radius 3 is 2.86 bits per heavy atom. The second kappa shape index (κ2) is 7.15. The Balaban J connectivity index is 1.39. The SMILES string of the molecule is OC1CC(c2cc(NCCCN3CCOCC3)ncn2)C1. The zero-order valence-corrected chi connectivity index (χ0v) is 12.4. The summed E-state index contributed by atoms with van der Waals surface area (Å²) in [6.45, 7) is 5.82. The molecule has 0 spiro atoms. The number of aromatic nitrogens is 2. The van der Waals surface area contributed by atoms with Gasteiger partial charge in [-0.1, -0.05) is 0 Å². The summed E-state index contributed by atoms with van der Waals surface area (Å²) in [5.41, 5.74) is 1.05. The smallest absolute Gasteiger partial charge is 0.129 e. The third kappa shape index (κ3) is 4.12. The van der Waals surface area contributed by atoms with Gasteiger partial charge in [0.05, 0.1) is 19.3 Å². The largest absolute Gasteiger partial charge is 0.393 e. The number of hydrogen-bond donors (Lipinski definition) is 2. The van der Waals surface area contributed by atoms with Gasteiger partial charge in [0.15, 0.2) is 0 Å². The van der Waals surface area contributed by atoms with Crippen LogP contribution in [0.1, 0.15) is 30.9 Å². The molecule has 1 aliphatic heterocycles. The summed E-state index contributed by atoms with van der Waals surface area (Å²) in [5, 5.41) is 12.7. The maximum absolute atomic E-state index is 9.37. The van der Waals surface area contributed by atoms with Gasteiger partial charge in [-0.25, -0.2) is 9.97 Å². The van der Waals surface area contributed by atoms with Crippen LogP contribution in [0.4, 0.5) is 5.82 Å². The number of aliphatic hydroxyl groups is 1. The van der Waals surface area contributed by atoms with E-state index in [1.807, 2.05) is 6.07 Å². The molecule has 0 bridgehead atoms. The molecule has 6 nitrogen and oxygen atoms in total. The molecule has 2 heterocycles. The molecule has 1 aliphatic carbocycles. The standard InChI is InChI=1S/C15H24N4O2/c20-13-8-12(9-13)14-10-15(18-11-17-14)16-2-1-3-19-4-6-21-7-5-19/h10-13,20H,1-9H2,(H,16,17,18). The van der Waals surface area contributed by atoms with Gasteiger partial charge in [0.1, 0.15) is 12.1 Å². The van der Waals surface area contributed by atoms with Crippen LogP contribution in [-0.2, 0) is 4.74 Å². The monoisotopic (exact) mass is 292 g/mol. The van der Waals surface area contributed by atoms with Crippen LogP contribution in [0.3, 0.4) is 0 Å². The van der Waals surface area contributed by atoms with Crippen molar-refractivity contribution in [3.8, 4) is 0 Å². The van der Waals surface area contributed by atoms with Gasteiger partial charge in [0, 0.05) is 37.3 Å². The number of aliphatic hydroxyl groups excluding tert-OH is 1. The summed E-state index contributed by atoms with van der Waals surface area (Å²) in [6.07, 6.45) is 4.22. The van der Waals surface area contributed by atoms with Crippen molar-refractivity contribution in [1.82, 2.24) is 14.9 Å². The number of ether oxygens (including phenoxy) is 1. The highest BCUT2D eigenvalue weighted by molar-refractivity contribution is 5.36. The van der Waals surface area contributed by atoms with E-state index >= 15 is 0 Å². The van der Waals surface area contributed by atoms with E-state index in [0.717, 1.165) is 70.2 Å². The third-order valence-electron chi connectivity index (χ3n) is 4.28. The average Bonchev–Trinajstić information content (AvgIpc) is 2.50. The molecule has 2 fully saturated rings. The van der Waals surface area contributed by atoms with E-state index in [1.54, 1.807) is 6.33 Å². The minimum Gasteiger partial charge on any atom is -0.393 e. The molecule has 0 unspecified atom stereocenters. The zero-order valence-electron chi connectivity index (χ0n) is 12.4. The first-order valence-corrected chi connectivity index (χ1v) is 7.85. The lowest BCUT2D eigenvalue weighted by molar-refractivity contribution is 0.0378. The first-order chi connectivity index (χ1) is 10.3. The summed E-state index contributed by atoms with van der Waals surface area (Å²) in [5.74, 6) is 1.29. The predicted octanol–water partition coefficient (Wildman–Crippen LogP) is 0.849. The molecular formula is C15H24N4O2. The van der Waals surface area contributed by atoms with Crippen LogP contribution in [0, 0.1) is 0 Å². The summed E-state index contributed by atoms with van der Waals surface area (Å²) < 4.78 is 5.34. The Kier molecular flexibility index (Phi) is 5.00. The topological polar surface area (TPSA) is 70.5 Å². The molecule has 116 valence electrons. The third-order valence-corrected chi connectivity index (χ3v) is 4.28. The second-order valence-corrected chi connectivity index (χ2v) is 5.88. The minimum absolute atomic E-state index is 0.144. The summed E-state index contributed by atoms with van der Waals surface area (Å²) in [7, 11) is 0. The maximum Gasteiger partial charge on any atom is 0.129 e. The van der Waals surface area contributed by atoms with E-state index < -0.39 is 0 Å². The Morgan fingerprint density at radius 2 is 2.10 bits per heavy atom.